The zero-order valence-corrected chi connectivity index (χ0v) is 20.6. The minimum absolute atomic E-state index is 0.0698. The van der Waals surface area contributed by atoms with Gasteiger partial charge in [0.25, 0.3) is 15.9 Å². The highest BCUT2D eigenvalue weighted by Crippen LogP contribution is 2.26. The van der Waals surface area contributed by atoms with E-state index < -0.39 is 22.5 Å². The number of hydrogen-bond acceptors (Lipinski definition) is 6. The zero-order valence-electron chi connectivity index (χ0n) is 19.8. The number of hydrogen-bond donors (Lipinski definition) is 1. The van der Waals surface area contributed by atoms with Crippen LogP contribution in [0.4, 0.5) is 5.69 Å². The van der Waals surface area contributed by atoms with Gasteiger partial charge in [0.05, 0.1) is 30.5 Å². The maximum Gasteiger partial charge on any atom is 0.264 e. The zero-order chi connectivity index (χ0) is 25.1. The highest BCUT2D eigenvalue weighted by Gasteiger charge is 2.27. The van der Waals surface area contributed by atoms with Crippen LogP contribution in [0.25, 0.3) is 0 Å². The predicted molar refractivity (Wildman–Crippen MR) is 137 cm³/mol. The second kappa shape index (κ2) is 12.6. The van der Waals surface area contributed by atoms with Crippen LogP contribution in [-0.2, 0) is 14.8 Å². The van der Waals surface area contributed by atoms with Gasteiger partial charge in [0, 0.05) is 6.07 Å². The fourth-order valence-corrected chi connectivity index (χ4v) is 4.56. The SMILES string of the molecule is CCCCOc1ccc(/C=N/NC(=O)CN(c2cccc(OC)c2)S(=O)(=O)c2ccccc2)cc1. The first-order valence-corrected chi connectivity index (χ1v) is 12.6. The second-order valence-electron chi connectivity index (χ2n) is 7.59. The number of methoxy groups -OCH3 is 1. The van der Waals surface area contributed by atoms with Crippen molar-refractivity contribution in [1.82, 2.24) is 5.43 Å². The molecule has 0 heterocycles. The van der Waals surface area contributed by atoms with Gasteiger partial charge < -0.3 is 9.47 Å². The number of hydrazone groups is 1. The quantitative estimate of drug-likeness (QED) is 0.231. The van der Waals surface area contributed by atoms with E-state index in [9.17, 15) is 13.2 Å². The lowest BCUT2D eigenvalue weighted by Crippen LogP contribution is -2.39. The number of nitrogens with one attached hydrogen (secondary N) is 1. The number of amides is 1. The molecule has 0 fully saturated rings. The molecule has 1 N–H and O–H groups in total. The van der Waals surface area contributed by atoms with Crippen molar-refractivity contribution in [3.05, 3.63) is 84.4 Å². The number of anilines is 1. The van der Waals surface area contributed by atoms with Gasteiger partial charge in [-0.2, -0.15) is 5.10 Å². The van der Waals surface area contributed by atoms with E-state index >= 15 is 0 Å². The van der Waals surface area contributed by atoms with Crippen molar-refractivity contribution < 1.29 is 22.7 Å². The fourth-order valence-electron chi connectivity index (χ4n) is 3.13. The molecule has 0 aliphatic carbocycles. The maximum atomic E-state index is 13.3. The average Bonchev–Trinajstić information content (AvgIpc) is 2.89. The molecule has 184 valence electrons. The molecule has 3 aromatic carbocycles. The summed E-state index contributed by atoms with van der Waals surface area (Å²) < 4.78 is 38.6. The highest BCUT2D eigenvalue weighted by atomic mass is 32.2. The van der Waals surface area contributed by atoms with Gasteiger partial charge in [-0.15, -0.1) is 0 Å². The molecule has 9 heteroatoms. The Labute approximate surface area is 206 Å². The first-order valence-electron chi connectivity index (χ1n) is 11.2. The van der Waals surface area contributed by atoms with Crippen LogP contribution in [0.2, 0.25) is 0 Å². The number of rotatable bonds is 12. The summed E-state index contributed by atoms with van der Waals surface area (Å²) in [6.07, 6.45) is 3.53. The average molecular weight is 496 g/mol. The Balaban J connectivity index is 1.72. The van der Waals surface area contributed by atoms with Crippen LogP contribution in [0.3, 0.4) is 0 Å². The number of carbonyl (C=O) groups is 1. The molecule has 0 aliphatic heterocycles. The lowest BCUT2D eigenvalue weighted by atomic mass is 10.2. The number of carbonyl (C=O) groups excluding carboxylic acids is 1. The topological polar surface area (TPSA) is 97.3 Å². The molecule has 3 aromatic rings. The molecule has 0 aliphatic rings. The first kappa shape index (κ1) is 25.8. The number of ether oxygens (including phenoxy) is 2. The van der Waals surface area contributed by atoms with Gasteiger partial charge >= 0.3 is 0 Å². The van der Waals surface area contributed by atoms with E-state index in [2.05, 4.69) is 17.5 Å². The molecular weight excluding hydrogens is 466 g/mol. The molecule has 0 aromatic heterocycles. The molecular formula is C26H29N3O5S. The van der Waals surface area contributed by atoms with Gasteiger partial charge in [-0.3, -0.25) is 9.10 Å². The maximum absolute atomic E-state index is 13.3. The third kappa shape index (κ3) is 7.31. The molecule has 0 spiro atoms. The Morgan fingerprint density at radius 1 is 1.00 bits per heavy atom. The third-order valence-corrected chi connectivity index (χ3v) is 6.80. The van der Waals surface area contributed by atoms with Crippen LogP contribution in [0.1, 0.15) is 25.3 Å². The standard InChI is InChI=1S/C26H29N3O5S/c1-3-4-17-34-23-15-13-21(14-16-23)19-27-28-26(30)20-29(22-9-8-10-24(18-22)33-2)35(31,32)25-11-6-5-7-12-25/h5-16,18-19H,3-4,17,20H2,1-2H3,(H,28,30)/b27-19+. The van der Waals surface area contributed by atoms with E-state index in [1.165, 1.54) is 25.5 Å². The predicted octanol–water partition coefficient (Wildman–Crippen LogP) is 4.22. The number of benzene rings is 3. The van der Waals surface area contributed by atoms with Crippen LogP contribution >= 0.6 is 0 Å². The van der Waals surface area contributed by atoms with Gasteiger partial charge in [-0.25, -0.2) is 13.8 Å². The Morgan fingerprint density at radius 3 is 2.43 bits per heavy atom. The lowest BCUT2D eigenvalue weighted by molar-refractivity contribution is -0.119. The van der Waals surface area contributed by atoms with E-state index in [1.54, 1.807) is 42.5 Å². The molecule has 0 radical (unpaired) electrons. The van der Waals surface area contributed by atoms with E-state index in [0.29, 0.717) is 18.0 Å². The van der Waals surface area contributed by atoms with Crippen LogP contribution < -0.4 is 19.2 Å². The monoisotopic (exact) mass is 495 g/mol. The lowest BCUT2D eigenvalue weighted by Gasteiger charge is -2.24. The van der Waals surface area contributed by atoms with E-state index in [0.717, 1.165) is 28.5 Å². The molecule has 0 unspecified atom stereocenters. The summed E-state index contributed by atoms with van der Waals surface area (Å²) >= 11 is 0. The summed E-state index contributed by atoms with van der Waals surface area (Å²) in [4.78, 5) is 12.7. The van der Waals surface area contributed by atoms with Crippen LogP contribution in [0.5, 0.6) is 11.5 Å². The Hall–Kier alpha value is -3.85. The van der Waals surface area contributed by atoms with Crippen molar-refractivity contribution in [2.45, 2.75) is 24.7 Å². The number of sulfonamides is 1. The molecule has 0 atom stereocenters. The van der Waals surface area contributed by atoms with Crippen molar-refractivity contribution in [1.29, 1.82) is 0 Å². The summed E-state index contributed by atoms with van der Waals surface area (Å²) in [5.74, 6) is 0.638. The van der Waals surface area contributed by atoms with Gasteiger partial charge in [0.2, 0.25) is 0 Å². The summed E-state index contributed by atoms with van der Waals surface area (Å²) in [6.45, 7) is 2.30. The number of nitrogens with zero attached hydrogens (tertiary/aromatic N) is 2. The summed E-state index contributed by atoms with van der Waals surface area (Å²) in [7, 11) is -2.53. The van der Waals surface area contributed by atoms with Crippen LogP contribution in [0, 0.1) is 0 Å². The normalized spacial score (nSPS) is 11.3. The molecule has 3 rings (SSSR count). The summed E-state index contributed by atoms with van der Waals surface area (Å²) in [6, 6.07) is 21.7. The van der Waals surface area contributed by atoms with Gasteiger partial charge in [0.15, 0.2) is 0 Å². The molecule has 35 heavy (non-hydrogen) atoms. The largest absolute Gasteiger partial charge is 0.497 e. The van der Waals surface area contributed by atoms with Crippen molar-refractivity contribution in [2.75, 3.05) is 24.6 Å². The van der Waals surface area contributed by atoms with Gasteiger partial charge in [0.1, 0.15) is 18.0 Å². The summed E-state index contributed by atoms with van der Waals surface area (Å²) in [5.41, 5.74) is 3.46. The van der Waals surface area contributed by atoms with E-state index in [-0.39, 0.29) is 4.90 Å². The van der Waals surface area contributed by atoms with Crippen molar-refractivity contribution in [3.8, 4) is 11.5 Å². The Morgan fingerprint density at radius 2 is 1.74 bits per heavy atom. The van der Waals surface area contributed by atoms with Gasteiger partial charge in [-0.05, 0) is 60.5 Å². The minimum atomic E-state index is -4.01. The van der Waals surface area contributed by atoms with E-state index in [4.69, 9.17) is 9.47 Å². The third-order valence-electron chi connectivity index (χ3n) is 5.01. The first-order chi connectivity index (χ1) is 16.9. The van der Waals surface area contributed by atoms with Crippen LogP contribution in [-0.4, -0.2) is 40.8 Å². The minimum Gasteiger partial charge on any atom is -0.497 e. The second-order valence-corrected chi connectivity index (χ2v) is 9.45. The van der Waals surface area contributed by atoms with Crippen molar-refractivity contribution in [3.63, 3.8) is 0 Å². The highest BCUT2D eigenvalue weighted by molar-refractivity contribution is 7.92. The summed E-state index contributed by atoms with van der Waals surface area (Å²) in [5, 5.41) is 3.97. The molecule has 0 bridgehead atoms. The van der Waals surface area contributed by atoms with Crippen LogP contribution in [0.15, 0.2) is 88.9 Å². The van der Waals surface area contributed by atoms with Crippen molar-refractivity contribution >= 4 is 27.8 Å². The smallest absolute Gasteiger partial charge is 0.264 e. The Kier molecular flexibility index (Phi) is 9.25. The molecule has 1 amide bonds. The molecule has 8 nitrogen and oxygen atoms in total. The number of unbranched alkanes of at least 4 members (excludes halogenated alkanes) is 1. The molecule has 0 saturated heterocycles. The fraction of sp³-hybridized carbons (Fsp3) is 0.231. The Bertz CT molecular complexity index is 1230. The molecule has 0 saturated carbocycles. The van der Waals surface area contributed by atoms with E-state index in [1.807, 2.05) is 24.3 Å². The van der Waals surface area contributed by atoms with Crippen molar-refractivity contribution in [2.24, 2.45) is 5.10 Å². The van der Waals surface area contributed by atoms with Gasteiger partial charge in [-0.1, -0.05) is 37.6 Å².